The SMILES string of the molecule is O=S(=O)=C1C=NN2CC3=C(CCNC3)N=C12. The molecule has 0 aromatic rings. The van der Waals surface area contributed by atoms with Gasteiger partial charge in [-0.25, -0.2) is 10.0 Å². The van der Waals surface area contributed by atoms with Crippen molar-refractivity contribution in [3.05, 3.63) is 11.3 Å². The number of rotatable bonds is 0. The second kappa shape index (κ2) is 3.53. The van der Waals surface area contributed by atoms with Gasteiger partial charge in [-0.05, 0) is 5.57 Å². The molecular formula is C9H10N4O2S. The lowest BCUT2D eigenvalue weighted by Gasteiger charge is -2.27. The van der Waals surface area contributed by atoms with Crippen LogP contribution in [0.15, 0.2) is 21.4 Å². The monoisotopic (exact) mass is 238 g/mol. The zero-order valence-electron chi connectivity index (χ0n) is 8.47. The quantitative estimate of drug-likeness (QED) is 0.549. The van der Waals surface area contributed by atoms with Gasteiger partial charge in [-0.15, -0.1) is 0 Å². The minimum atomic E-state index is -2.26. The van der Waals surface area contributed by atoms with Crippen LogP contribution >= 0.6 is 0 Å². The molecule has 0 aromatic heterocycles. The molecule has 0 saturated carbocycles. The number of hydrogen-bond acceptors (Lipinski definition) is 6. The van der Waals surface area contributed by atoms with Crippen molar-refractivity contribution in [2.45, 2.75) is 6.42 Å². The summed E-state index contributed by atoms with van der Waals surface area (Å²) in [6.45, 7) is 2.35. The second-order valence-electron chi connectivity index (χ2n) is 3.81. The smallest absolute Gasteiger partial charge is 0.226 e. The third-order valence-electron chi connectivity index (χ3n) is 2.83. The molecule has 0 fully saturated rings. The van der Waals surface area contributed by atoms with Crippen LogP contribution < -0.4 is 5.32 Å². The number of hydrogen-bond donors (Lipinski definition) is 1. The number of nitrogens with one attached hydrogen (secondary N) is 1. The molecule has 1 N–H and O–H groups in total. The van der Waals surface area contributed by atoms with Crippen LogP contribution in [0.25, 0.3) is 0 Å². The lowest BCUT2D eigenvalue weighted by molar-refractivity contribution is 0.465. The average Bonchev–Trinajstić information content (AvgIpc) is 2.68. The Morgan fingerprint density at radius 1 is 1.44 bits per heavy atom. The van der Waals surface area contributed by atoms with Gasteiger partial charge in [0.25, 0.3) is 0 Å². The van der Waals surface area contributed by atoms with E-state index in [-0.39, 0.29) is 4.86 Å². The Kier molecular flexibility index (Phi) is 2.15. The minimum absolute atomic E-state index is 0.185. The van der Waals surface area contributed by atoms with Crippen molar-refractivity contribution in [2.75, 3.05) is 19.6 Å². The fourth-order valence-electron chi connectivity index (χ4n) is 2.02. The Labute approximate surface area is 93.9 Å². The van der Waals surface area contributed by atoms with Crippen molar-refractivity contribution in [2.24, 2.45) is 10.1 Å². The fourth-order valence-corrected chi connectivity index (χ4v) is 2.46. The number of nitrogens with zero attached hydrogens (tertiary/aromatic N) is 3. The first-order valence-electron chi connectivity index (χ1n) is 5.04. The molecule has 0 bridgehead atoms. The van der Waals surface area contributed by atoms with E-state index in [1.54, 1.807) is 5.01 Å². The zero-order valence-corrected chi connectivity index (χ0v) is 9.29. The van der Waals surface area contributed by atoms with Gasteiger partial charge in [0.1, 0.15) is 0 Å². The molecule has 3 rings (SSSR count). The third kappa shape index (κ3) is 1.40. The second-order valence-corrected chi connectivity index (χ2v) is 4.72. The molecule has 0 radical (unpaired) electrons. The highest BCUT2D eigenvalue weighted by molar-refractivity contribution is 7.76. The molecule has 0 aromatic carbocycles. The predicted molar refractivity (Wildman–Crippen MR) is 61.1 cm³/mol. The van der Waals surface area contributed by atoms with Crippen molar-refractivity contribution < 1.29 is 8.42 Å². The van der Waals surface area contributed by atoms with E-state index in [4.69, 9.17) is 0 Å². The minimum Gasteiger partial charge on any atom is -0.312 e. The van der Waals surface area contributed by atoms with Crippen LogP contribution in [0.5, 0.6) is 0 Å². The van der Waals surface area contributed by atoms with Crippen LogP contribution in [0.3, 0.4) is 0 Å². The normalized spacial score (nSPS) is 23.1. The van der Waals surface area contributed by atoms with Gasteiger partial charge in [0.2, 0.25) is 10.3 Å². The maximum absolute atomic E-state index is 11.0. The molecule has 7 heteroatoms. The number of amidine groups is 1. The molecule has 0 spiro atoms. The van der Waals surface area contributed by atoms with Gasteiger partial charge in [-0.2, -0.15) is 13.5 Å². The van der Waals surface area contributed by atoms with E-state index < -0.39 is 10.3 Å². The van der Waals surface area contributed by atoms with Gasteiger partial charge in [-0.3, -0.25) is 0 Å². The fraction of sp³-hybridized carbons (Fsp3) is 0.444. The predicted octanol–water partition coefficient (Wildman–Crippen LogP) is -1.00. The lowest BCUT2D eigenvalue weighted by atomic mass is 10.1. The maximum Gasteiger partial charge on any atom is 0.226 e. The van der Waals surface area contributed by atoms with E-state index in [0.29, 0.717) is 12.4 Å². The van der Waals surface area contributed by atoms with Crippen molar-refractivity contribution in [1.82, 2.24) is 10.3 Å². The summed E-state index contributed by atoms with van der Waals surface area (Å²) in [6.07, 6.45) is 2.21. The molecule has 6 nitrogen and oxygen atoms in total. The van der Waals surface area contributed by atoms with Crippen LogP contribution in [-0.4, -0.2) is 50.0 Å². The van der Waals surface area contributed by atoms with Gasteiger partial charge in [0.05, 0.1) is 12.8 Å². The summed E-state index contributed by atoms with van der Waals surface area (Å²) in [7, 11) is -2.26. The highest BCUT2D eigenvalue weighted by Crippen LogP contribution is 2.22. The van der Waals surface area contributed by atoms with Crippen molar-refractivity contribution in [1.29, 1.82) is 0 Å². The largest absolute Gasteiger partial charge is 0.312 e. The Balaban J connectivity index is 2.09. The summed E-state index contributed by atoms with van der Waals surface area (Å²) < 4.78 is 21.9. The Morgan fingerprint density at radius 2 is 2.31 bits per heavy atom. The van der Waals surface area contributed by atoms with Crippen LogP contribution in [0.2, 0.25) is 0 Å². The van der Waals surface area contributed by atoms with E-state index in [2.05, 4.69) is 15.4 Å². The molecule has 3 aliphatic rings. The molecule has 0 atom stereocenters. The highest BCUT2D eigenvalue weighted by Gasteiger charge is 2.29. The first-order valence-corrected chi connectivity index (χ1v) is 6.11. The van der Waals surface area contributed by atoms with Gasteiger partial charge < -0.3 is 5.32 Å². The summed E-state index contributed by atoms with van der Waals surface area (Å²) in [5.74, 6) is 0.467. The van der Waals surface area contributed by atoms with Crippen molar-refractivity contribution in [3.8, 4) is 0 Å². The zero-order chi connectivity index (χ0) is 11.1. The first kappa shape index (κ1) is 9.73. The first-order chi connectivity index (χ1) is 7.75. The van der Waals surface area contributed by atoms with Crippen LogP contribution in [-0.2, 0) is 10.3 Å². The molecular weight excluding hydrogens is 228 g/mol. The Bertz CT molecular complexity index is 562. The topological polar surface area (TPSA) is 74.1 Å². The number of aliphatic imine (C=N–C) groups is 1. The molecule has 3 aliphatic heterocycles. The number of fused-ring (bicyclic) bond motifs is 1. The summed E-state index contributed by atoms with van der Waals surface area (Å²) in [5.41, 5.74) is 2.21. The van der Waals surface area contributed by atoms with Gasteiger partial charge in [-0.1, -0.05) is 0 Å². The average molecular weight is 238 g/mol. The molecule has 84 valence electrons. The van der Waals surface area contributed by atoms with E-state index in [1.807, 2.05) is 0 Å². The lowest BCUT2D eigenvalue weighted by Crippen LogP contribution is -2.38. The standard InChI is InChI=1S/C9H10N4O2S/c14-16(15)8-4-11-13-5-6-3-10-2-1-7(6)12-9(8)13/h4,10H,1-3,5H2. The summed E-state index contributed by atoms with van der Waals surface area (Å²) >= 11 is 0. The third-order valence-corrected chi connectivity index (χ3v) is 3.47. The van der Waals surface area contributed by atoms with Crippen molar-refractivity contribution >= 4 is 27.2 Å². The van der Waals surface area contributed by atoms with Crippen molar-refractivity contribution in [3.63, 3.8) is 0 Å². The number of hydrazone groups is 1. The van der Waals surface area contributed by atoms with Crippen LogP contribution in [0.4, 0.5) is 0 Å². The van der Waals surface area contributed by atoms with E-state index in [0.717, 1.165) is 25.2 Å². The molecule has 0 saturated heterocycles. The summed E-state index contributed by atoms with van der Waals surface area (Å²) in [6, 6.07) is 0. The van der Waals surface area contributed by atoms with Gasteiger partial charge in [0, 0.05) is 25.2 Å². The molecule has 3 heterocycles. The van der Waals surface area contributed by atoms with Gasteiger partial charge >= 0.3 is 0 Å². The Morgan fingerprint density at radius 3 is 3.12 bits per heavy atom. The van der Waals surface area contributed by atoms with Crippen LogP contribution in [0, 0.1) is 0 Å². The Hall–Kier alpha value is -1.47. The summed E-state index contributed by atoms with van der Waals surface area (Å²) in [4.78, 5) is 4.58. The van der Waals surface area contributed by atoms with E-state index in [1.165, 1.54) is 11.8 Å². The molecule has 0 aliphatic carbocycles. The summed E-state index contributed by atoms with van der Waals surface area (Å²) in [5, 5.41) is 8.94. The highest BCUT2D eigenvalue weighted by atomic mass is 32.2. The van der Waals surface area contributed by atoms with E-state index >= 15 is 0 Å². The molecule has 16 heavy (non-hydrogen) atoms. The van der Waals surface area contributed by atoms with Crippen LogP contribution in [0.1, 0.15) is 6.42 Å². The molecule has 0 unspecified atom stereocenters. The van der Waals surface area contributed by atoms with Gasteiger partial charge in [0.15, 0.2) is 10.7 Å². The molecule has 0 amide bonds. The van der Waals surface area contributed by atoms with E-state index in [9.17, 15) is 8.42 Å². The maximum atomic E-state index is 11.0.